The minimum atomic E-state index is -6.34. The van der Waals surface area contributed by atoms with Gasteiger partial charge in [-0.3, -0.25) is 0 Å². The van der Waals surface area contributed by atoms with E-state index in [1.165, 1.54) is 18.2 Å². The molecule has 0 amide bonds. The van der Waals surface area contributed by atoms with Crippen molar-refractivity contribution >= 4 is 27.9 Å². The van der Waals surface area contributed by atoms with Crippen molar-refractivity contribution in [1.29, 1.82) is 0 Å². The third-order valence-electron chi connectivity index (χ3n) is 2.76. The van der Waals surface area contributed by atoms with E-state index in [1.807, 2.05) is 0 Å². The highest BCUT2D eigenvalue weighted by Crippen LogP contribution is 2.43. The molecule has 0 aliphatic heterocycles. The Morgan fingerprint density at radius 1 is 0.960 bits per heavy atom. The molecule has 1 N–H and O–H groups in total. The predicted molar refractivity (Wildman–Crippen MR) is 72.4 cm³/mol. The molecule has 140 valence electrons. The number of alkyl halides is 6. The summed E-state index contributed by atoms with van der Waals surface area (Å²) in [6.45, 7) is -1.94. The van der Waals surface area contributed by atoms with Crippen LogP contribution in [0.4, 0.5) is 26.3 Å². The average Bonchev–Trinajstić information content (AvgIpc) is 2.48. The van der Waals surface area contributed by atoms with Gasteiger partial charge in [0.15, 0.2) is 0 Å². The number of rotatable bonds is 5. The Labute approximate surface area is 144 Å². The molecule has 0 aromatic heterocycles. The van der Waals surface area contributed by atoms with Gasteiger partial charge in [0.25, 0.3) is 0 Å². The van der Waals surface area contributed by atoms with Gasteiger partial charge >= 0.3 is 29.9 Å². The van der Waals surface area contributed by atoms with Crippen LogP contribution in [0.1, 0.15) is 10.4 Å². The predicted octanol–water partition coefficient (Wildman–Crippen LogP) is 3.00. The molecule has 0 fully saturated rings. The van der Waals surface area contributed by atoms with Crippen LogP contribution in [0.25, 0.3) is 0 Å². The van der Waals surface area contributed by atoms with E-state index in [1.54, 1.807) is 6.07 Å². The molecule has 0 saturated heterocycles. The first-order valence-electron chi connectivity index (χ1n) is 6.27. The van der Waals surface area contributed by atoms with Crippen molar-refractivity contribution in [2.45, 2.75) is 18.0 Å². The second kappa shape index (κ2) is 7.60. The van der Waals surface area contributed by atoms with Gasteiger partial charge in [-0.2, -0.15) is 26.3 Å². The minimum Gasteiger partial charge on any atom is -0.459 e. The summed E-state index contributed by atoms with van der Waals surface area (Å²) in [5.41, 5.74) is -5.64. The summed E-state index contributed by atoms with van der Waals surface area (Å²) >= 11 is 3.03. The van der Waals surface area contributed by atoms with E-state index in [2.05, 4.69) is 25.4 Å². The molecule has 5 nitrogen and oxygen atoms in total. The normalized spacial score (nSPS) is 12.6. The molecule has 0 bridgehead atoms. The van der Waals surface area contributed by atoms with Crippen molar-refractivity contribution in [3.8, 4) is 0 Å². The summed E-state index contributed by atoms with van der Waals surface area (Å²) in [7, 11) is 0. The first kappa shape index (κ1) is 21.2. The zero-order valence-electron chi connectivity index (χ0n) is 11.9. The SMILES string of the molecule is O=C(OCCOC(=O)C(O)(C(F)(F)F)C(F)(F)F)c1ccccc1Br. The van der Waals surface area contributed by atoms with E-state index in [9.17, 15) is 35.9 Å². The molecule has 0 aliphatic carbocycles. The van der Waals surface area contributed by atoms with Crippen LogP contribution in [-0.4, -0.2) is 48.2 Å². The zero-order chi connectivity index (χ0) is 19.5. The number of aliphatic hydroxyl groups is 1. The number of carbonyl (C=O) groups is 2. The molecule has 0 aliphatic rings. The number of carbonyl (C=O) groups excluding carboxylic acids is 2. The van der Waals surface area contributed by atoms with Crippen molar-refractivity contribution in [2.24, 2.45) is 0 Å². The monoisotopic (exact) mass is 438 g/mol. The standard InChI is InChI=1S/C13H9BrF6O5/c14-8-4-2-1-3-7(8)9(21)24-5-6-25-10(22)11(23,12(15,16)17)13(18,19)20/h1-4,23H,5-6H2. The van der Waals surface area contributed by atoms with E-state index < -0.39 is 43.1 Å². The Balaban J connectivity index is 2.65. The maximum Gasteiger partial charge on any atom is 0.437 e. The Bertz CT molecular complexity index is 629. The quantitative estimate of drug-likeness (QED) is 0.434. The van der Waals surface area contributed by atoms with Gasteiger partial charge in [-0.05, 0) is 28.1 Å². The number of esters is 2. The van der Waals surface area contributed by atoms with Gasteiger partial charge < -0.3 is 14.6 Å². The first-order chi connectivity index (χ1) is 11.3. The van der Waals surface area contributed by atoms with Gasteiger partial charge in [0.05, 0.1) is 5.56 Å². The molecule has 0 saturated carbocycles. The Kier molecular flexibility index (Phi) is 6.45. The van der Waals surface area contributed by atoms with E-state index in [0.29, 0.717) is 4.47 Å². The number of halogens is 7. The highest BCUT2D eigenvalue weighted by Gasteiger charge is 2.76. The van der Waals surface area contributed by atoms with Gasteiger partial charge in [0.2, 0.25) is 0 Å². The highest BCUT2D eigenvalue weighted by molar-refractivity contribution is 9.10. The van der Waals surface area contributed by atoms with Gasteiger partial charge in [-0.1, -0.05) is 12.1 Å². The average molecular weight is 439 g/mol. The number of hydrogen-bond donors (Lipinski definition) is 1. The van der Waals surface area contributed by atoms with Gasteiger partial charge in [0.1, 0.15) is 13.2 Å². The van der Waals surface area contributed by atoms with Crippen LogP contribution < -0.4 is 0 Å². The van der Waals surface area contributed by atoms with Gasteiger partial charge in [0, 0.05) is 4.47 Å². The molecule has 0 unspecified atom stereocenters. The van der Waals surface area contributed by atoms with Crippen molar-refractivity contribution in [1.82, 2.24) is 0 Å². The summed E-state index contributed by atoms with van der Waals surface area (Å²) < 4.78 is 83.0. The van der Waals surface area contributed by atoms with Crippen molar-refractivity contribution in [3.63, 3.8) is 0 Å². The van der Waals surface area contributed by atoms with Gasteiger partial charge in [-0.25, -0.2) is 9.59 Å². The van der Waals surface area contributed by atoms with Crippen molar-refractivity contribution in [3.05, 3.63) is 34.3 Å². The lowest BCUT2D eigenvalue weighted by molar-refractivity contribution is -0.357. The molecule has 0 radical (unpaired) electrons. The largest absolute Gasteiger partial charge is 0.459 e. The van der Waals surface area contributed by atoms with Crippen molar-refractivity contribution < 1.29 is 50.5 Å². The summed E-state index contributed by atoms with van der Waals surface area (Å²) in [5, 5.41) is 8.74. The smallest absolute Gasteiger partial charge is 0.437 e. The van der Waals surface area contributed by atoms with E-state index in [4.69, 9.17) is 5.11 Å². The summed E-state index contributed by atoms with van der Waals surface area (Å²) in [6.07, 6.45) is -12.7. The number of benzene rings is 1. The molecular weight excluding hydrogens is 430 g/mol. The second-order valence-electron chi connectivity index (χ2n) is 4.46. The third kappa shape index (κ3) is 4.63. The van der Waals surface area contributed by atoms with Crippen LogP contribution in [0.2, 0.25) is 0 Å². The van der Waals surface area contributed by atoms with Crippen LogP contribution in [-0.2, 0) is 14.3 Å². The first-order valence-corrected chi connectivity index (χ1v) is 7.06. The topological polar surface area (TPSA) is 72.8 Å². The number of ether oxygens (including phenoxy) is 2. The molecule has 12 heteroatoms. The molecule has 1 aromatic carbocycles. The van der Waals surface area contributed by atoms with Crippen LogP contribution in [0.5, 0.6) is 0 Å². The summed E-state index contributed by atoms with van der Waals surface area (Å²) in [5.74, 6) is -3.92. The Hall–Kier alpha value is -1.82. The van der Waals surface area contributed by atoms with Gasteiger partial charge in [-0.15, -0.1) is 0 Å². The fourth-order valence-corrected chi connectivity index (χ4v) is 1.92. The highest BCUT2D eigenvalue weighted by atomic mass is 79.9. The fourth-order valence-electron chi connectivity index (χ4n) is 1.47. The van der Waals surface area contributed by atoms with Crippen LogP contribution in [0.15, 0.2) is 28.7 Å². The molecule has 1 aromatic rings. The van der Waals surface area contributed by atoms with Crippen LogP contribution in [0, 0.1) is 0 Å². The number of hydrogen-bond acceptors (Lipinski definition) is 5. The summed E-state index contributed by atoms with van der Waals surface area (Å²) in [4.78, 5) is 22.7. The van der Waals surface area contributed by atoms with Crippen LogP contribution >= 0.6 is 15.9 Å². The molecular formula is C13H9BrF6O5. The lowest BCUT2D eigenvalue weighted by Gasteiger charge is -2.29. The van der Waals surface area contributed by atoms with Crippen LogP contribution in [0.3, 0.4) is 0 Å². The second-order valence-corrected chi connectivity index (χ2v) is 5.31. The van der Waals surface area contributed by atoms with E-state index in [0.717, 1.165) is 0 Å². The Morgan fingerprint density at radius 2 is 1.44 bits per heavy atom. The van der Waals surface area contributed by atoms with E-state index in [-0.39, 0.29) is 5.56 Å². The lowest BCUT2D eigenvalue weighted by atomic mass is 10.0. The third-order valence-corrected chi connectivity index (χ3v) is 3.45. The lowest BCUT2D eigenvalue weighted by Crippen LogP contribution is -2.63. The fraction of sp³-hybridized carbons (Fsp3) is 0.385. The van der Waals surface area contributed by atoms with E-state index >= 15 is 0 Å². The molecule has 25 heavy (non-hydrogen) atoms. The maximum atomic E-state index is 12.4. The molecule has 0 heterocycles. The maximum absolute atomic E-state index is 12.4. The Morgan fingerprint density at radius 3 is 1.92 bits per heavy atom. The summed E-state index contributed by atoms with van der Waals surface area (Å²) in [6, 6.07) is 5.89. The molecule has 0 spiro atoms. The van der Waals surface area contributed by atoms with Crippen molar-refractivity contribution in [2.75, 3.05) is 13.2 Å². The minimum absolute atomic E-state index is 0.0379. The zero-order valence-corrected chi connectivity index (χ0v) is 13.5. The molecule has 0 atom stereocenters. The molecule has 1 rings (SSSR count).